The summed E-state index contributed by atoms with van der Waals surface area (Å²) >= 11 is 1.68. The maximum absolute atomic E-state index is 10.8. The summed E-state index contributed by atoms with van der Waals surface area (Å²) < 4.78 is 5.24. The number of carboxylic acids is 1. The molecule has 0 fully saturated rings. The topological polar surface area (TPSA) is 63.3 Å². The van der Waals surface area contributed by atoms with E-state index >= 15 is 0 Å². The van der Waals surface area contributed by atoms with Gasteiger partial charge in [0.25, 0.3) is 0 Å². The predicted molar refractivity (Wildman–Crippen MR) is 68.0 cm³/mol. The third kappa shape index (κ3) is 2.06. The average Bonchev–Trinajstić information content (AvgIpc) is 2.92. The van der Waals surface area contributed by atoms with Crippen LogP contribution in [0.1, 0.15) is 40.2 Å². The molecule has 0 saturated heterocycles. The Morgan fingerprint density at radius 3 is 2.94 bits per heavy atom. The largest absolute Gasteiger partial charge is 0.476 e. The van der Waals surface area contributed by atoms with Crippen molar-refractivity contribution in [1.82, 2.24) is 4.98 Å². The summed E-state index contributed by atoms with van der Waals surface area (Å²) in [5.74, 6) is -0.631. The molecule has 0 bridgehead atoms. The average molecular weight is 263 g/mol. The Morgan fingerprint density at radius 2 is 2.17 bits per heavy atom. The fraction of sp³-hybridized carbons (Fsp3) is 0.385. The number of aryl methyl sites for hydroxylation is 2. The molecule has 0 unspecified atom stereocenters. The fourth-order valence-electron chi connectivity index (χ4n) is 2.26. The number of aromatic nitrogens is 1. The van der Waals surface area contributed by atoms with Gasteiger partial charge in [-0.1, -0.05) is 6.42 Å². The van der Waals surface area contributed by atoms with Gasteiger partial charge in [-0.3, -0.25) is 0 Å². The number of hydrogen-bond donors (Lipinski definition) is 1. The van der Waals surface area contributed by atoms with Crippen molar-refractivity contribution < 1.29 is 14.3 Å². The second-order valence-electron chi connectivity index (χ2n) is 4.46. The molecule has 0 saturated carbocycles. The number of rotatable bonds is 2. The summed E-state index contributed by atoms with van der Waals surface area (Å²) in [7, 11) is 0. The van der Waals surface area contributed by atoms with Crippen LogP contribution >= 0.6 is 11.3 Å². The van der Waals surface area contributed by atoms with E-state index in [4.69, 9.17) is 9.52 Å². The Morgan fingerprint density at radius 1 is 1.33 bits per heavy atom. The highest BCUT2D eigenvalue weighted by atomic mass is 32.1. The Balaban J connectivity index is 1.94. The van der Waals surface area contributed by atoms with Crippen LogP contribution < -0.4 is 0 Å². The van der Waals surface area contributed by atoms with Gasteiger partial charge < -0.3 is 9.52 Å². The summed E-state index contributed by atoms with van der Waals surface area (Å²) in [6.45, 7) is 0. The molecule has 1 aliphatic carbocycles. The smallest absolute Gasteiger partial charge is 0.357 e. The van der Waals surface area contributed by atoms with Crippen LogP contribution in [0.5, 0.6) is 0 Å². The molecule has 0 amide bonds. The van der Waals surface area contributed by atoms with Crippen LogP contribution in [0.15, 0.2) is 16.7 Å². The third-order valence-corrected chi connectivity index (χ3v) is 4.41. The van der Waals surface area contributed by atoms with E-state index in [0.29, 0.717) is 5.89 Å². The maximum Gasteiger partial charge on any atom is 0.357 e. The second kappa shape index (κ2) is 4.57. The normalized spacial score (nSPS) is 15.1. The Labute approximate surface area is 108 Å². The molecule has 0 aliphatic heterocycles. The predicted octanol–water partition coefficient (Wildman–Crippen LogP) is 3.37. The molecule has 0 radical (unpaired) electrons. The molecule has 1 N–H and O–H groups in total. The molecule has 4 nitrogen and oxygen atoms in total. The lowest BCUT2D eigenvalue weighted by molar-refractivity contribution is 0.0690. The third-order valence-electron chi connectivity index (χ3n) is 3.18. The minimum absolute atomic E-state index is 0.0337. The highest BCUT2D eigenvalue weighted by Crippen LogP contribution is 2.34. The van der Waals surface area contributed by atoms with Gasteiger partial charge in [-0.15, -0.1) is 11.3 Å². The summed E-state index contributed by atoms with van der Waals surface area (Å²) in [6, 6.07) is 2.10. The molecule has 18 heavy (non-hydrogen) atoms. The van der Waals surface area contributed by atoms with Crippen molar-refractivity contribution in [1.29, 1.82) is 0 Å². The van der Waals surface area contributed by atoms with Crippen LogP contribution in [0.25, 0.3) is 10.8 Å². The minimum atomic E-state index is -1.05. The van der Waals surface area contributed by atoms with Crippen molar-refractivity contribution in [2.45, 2.75) is 32.1 Å². The molecular formula is C13H13NO3S. The lowest BCUT2D eigenvalue weighted by Crippen LogP contribution is -1.95. The van der Waals surface area contributed by atoms with Gasteiger partial charge in [-0.05, 0) is 37.3 Å². The number of nitrogens with zero attached hydrogens (tertiary/aromatic N) is 1. The van der Waals surface area contributed by atoms with E-state index in [9.17, 15) is 4.79 Å². The highest BCUT2D eigenvalue weighted by molar-refractivity contribution is 7.15. The molecule has 5 heteroatoms. The zero-order valence-corrected chi connectivity index (χ0v) is 10.6. The van der Waals surface area contributed by atoms with Gasteiger partial charge in [-0.25, -0.2) is 9.78 Å². The molecule has 0 aromatic carbocycles. The minimum Gasteiger partial charge on any atom is -0.476 e. The molecule has 2 aromatic rings. The molecule has 2 heterocycles. The van der Waals surface area contributed by atoms with Crippen LogP contribution in [0.3, 0.4) is 0 Å². The van der Waals surface area contributed by atoms with Gasteiger partial charge in [0, 0.05) is 4.88 Å². The molecule has 2 aromatic heterocycles. The maximum atomic E-state index is 10.8. The molecule has 1 aliphatic rings. The second-order valence-corrected chi connectivity index (χ2v) is 5.60. The monoisotopic (exact) mass is 263 g/mol. The quantitative estimate of drug-likeness (QED) is 0.844. The van der Waals surface area contributed by atoms with E-state index in [0.717, 1.165) is 17.7 Å². The van der Waals surface area contributed by atoms with Crippen LogP contribution in [0, 0.1) is 0 Å². The van der Waals surface area contributed by atoms with Crippen molar-refractivity contribution in [2.75, 3.05) is 0 Å². The number of carbonyl (C=O) groups is 1. The molecule has 94 valence electrons. The van der Waals surface area contributed by atoms with Gasteiger partial charge >= 0.3 is 5.97 Å². The van der Waals surface area contributed by atoms with E-state index in [1.807, 2.05) is 0 Å². The summed E-state index contributed by atoms with van der Waals surface area (Å²) in [5, 5.41) is 8.83. The van der Waals surface area contributed by atoms with Crippen LogP contribution in [-0.4, -0.2) is 16.1 Å². The zero-order valence-electron chi connectivity index (χ0n) is 9.81. The first kappa shape index (κ1) is 11.5. The van der Waals surface area contributed by atoms with Gasteiger partial charge in [0.05, 0.1) is 4.88 Å². The summed E-state index contributed by atoms with van der Waals surface area (Å²) in [4.78, 5) is 17.1. The number of hydrogen-bond acceptors (Lipinski definition) is 4. The summed E-state index contributed by atoms with van der Waals surface area (Å²) in [5.41, 5.74) is 1.34. The first-order chi connectivity index (χ1) is 8.74. The lowest BCUT2D eigenvalue weighted by atomic mass is 10.1. The van der Waals surface area contributed by atoms with Crippen molar-refractivity contribution in [3.63, 3.8) is 0 Å². The highest BCUT2D eigenvalue weighted by Gasteiger charge is 2.17. The van der Waals surface area contributed by atoms with Crippen LogP contribution in [0.2, 0.25) is 0 Å². The molecular weight excluding hydrogens is 250 g/mol. The van der Waals surface area contributed by atoms with Crippen LogP contribution in [-0.2, 0) is 12.8 Å². The SMILES string of the molecule is O=C(O)c1coc(-c2cc3c(s2)CCCCC3)n1. The van der Waals surface area contributed by atoms with Crippen molar-refractivity contribution in [3.8, 4) is 10.8 Å². The molecule has 0 atom stereocenters. The Hall–Kier alpha value is -1.62. The summed E-state index contributed by atoms with van der Waals surface area (Å²) in [6.07, 6.45) is 7.18. The number of thiophene rings is 1. The lowest BCUT2D eigenvalue weighted by Gasteiger charge is -1.92. The van der Waals surface area contributed by atoms with Gasteiger partial charge in [0.15, 0.2) is 5.69 Å². The van der Waals surface area contributed by atoms with E-state index in [-0.39, 0.29) is 5.69 Å². The van der Waals surface area contributed by atoms with Crippen molar-refractivity contribution in [3.05, 3.63) is 28.5 Å². The van der Waals surface area contributed by atoms with E-state index in [1.165, 1.54) is 36.0 Å². The van der Waals surface area contributed by atoms with Crippen molar-refractivity contribution >= 4 is 17.3 Å². The zero-order chi connectivity index (χ0) is 12.5. The fourth-order valence-corrected chi connectivity index (χ4v) is 3.44. The van der Waals surface area contributed by atoms with Crippen LogP contribution in [0.4, 0.5) is 0 Å². The number of carboxylic acid groups (broad SMARTS) is 1. The van der Waals surface area contributed by atoms with Gasteiger partial charge in [0.2, 0.25) is 5.89 Å². The Bertz CT molecular complexity index is 561. The first-order valence-corrected chi connectivity index (χ1v) is 6.86. The molecule has 0 spiro atoms. The number of aromatic carboxylic acids is 1. The van der Waals surface area contributed by atoms with Crippen molar-refractivity contribution in [2.24, 2.45) is 0 Å². The molecule has 3 rings (SSSR count). The standard InChI is InChI=1S/C13H13NO3S/c15-13(16)9-7-17-12(14-9)11-6-8-4-2-1-3-5-10(8)18-11/h6-7H,1-5H2,(H,15,16). The van der Waals surface area contributed by atoms with Gasteiger partial charge in [0.1, 0.15) is 6.26 Å². The van der Waals surface area contributed by atoms with E-state index < -0.39 is 5.97 Å². The first-order valence-electron chi connectivity index (χ1n) is 6.05. The Kier molecular flexibility index (Phi) is 2.91. The number of oxazole rings is 1. The number of fused-ring (bicyclic) bond motifs is 1. The van der Waals surface area contributed by atoms with E-state index in [1.54, 1.807) is 11.3 Å². The van der Waals surface area contributed by atoms with Gasteiger partial charge in [-0.2, -0.15) is 0 Å². The van der Waals surface area contributed by atoms with E-state index in [2.05, 4.69) is 11.1 Å².